The number of nitro benzene ring substituents is 1. The van der Waals surface area contributed by atoms with Crippen LogP contribution in [-0.2, 0) is 4.79 Å². The lowest BCUT2D eigenvalue weighted by molar-refractivity contribution is -0.386. The molecule has 2 rings (SSSR count). The van der Waals surface area contributed by atoms with E-state index in [2.05, 4.69) is 10.5 Å². The molecular formula is C14H12ClN3O4S. The van der Waals surface area contributed by atoms with Crippen LogP contribution >= 0.6 is 22.9 Å². The maximum Gasteiger partial charge on any atom is 0.310 e. The summed E-state index contributed by atoms with van der Waals surface area (Å²) in [4.78, 5) is 23.0. The molecular weight excluding hydrogens is 342 g/mol. The minimum Gasteiger partial charge on any atom is -0.474 e. The second-order valence-corrected chi connectivity index (χ2v) is 6.11. The van der Waals surface area contributed by atoms with Crippen molar-refractivity contribution >= 4 is 40.7 Å². The molecule has 1 aromatic carbocycles. The van der Waals surface area contributed by atoms with E-state index in [1.807, 2.05) is 0 Å². The van der Waals surface area contributed by atoms with Crippen LogP contribution in [0.4, 0.5) is 5.69 Å². The molecule has 1 unspecified atom stereocenters. The van der Waals surface area contributed by atoms with Crippen LogP contribution in [0.2, 0.25) is 4.34 Å². The van der Waals surface area contributed by atoms with Gasteiger partial charge in [0.1, 0.15) is 0 Å². The highest BCUT2D eigenvalue weighted by molar-refractivity contribution is 7.17. The van der Waals surface area contributed by atoms with Gasteiger partial charge < -0.3 is 4.74 Å². The molecule has 0 aliphatic rings. The number of amides is 1. The van der Waals surface area contributed by atoms with Gasteiger partial charge in [0.05, 0.1) is 15.5 Å². The lowest BCUT2D eigenvalue weighted by atomic mass is 10.3. The fraction of sp³-hybridized carbons (Fsp3) is 0.143. The summed E-state index contributed by atoms with van der Waals surface area (Å²) in [6, 6.07) is 9.32. The molecule has 7 nitrogen and oxygen atoms in total. The van der Waals surface area contributed by atoms with Crippen LogP contribution in [0.1, 0.15) is 11.8 Å². The zero-order valence-electron chi connectivity index (χ0n) is 11.9. The number of nitrogens with one attached hydrogen (secondary N) is 1. The van der Waals surface area contributed by atoms with Gasteiger partial charge in [-0.25, -0.2) is 5.43 Å². The van der Waals surface area contributed by atoms with Crippen molar-refractivity contribution in [2.24, 2.45) is 5.10 Å². The van der Waals surface area contributed by atoms with E-state index < -0.39 is 16.9 Å². The highest BCUT2D eigenvalue weighted by Crippen LogP contribution is 2.26. The fourth-order valence-electron chi connectivity index (χ4n) is 1.60. The summed E-state index contributed by atoms with van der Waals surface area (Å²) in [5.74, 6) is -0.503. The molecule has 0 aliphatic heterocycles. The third kappa shape index (κ3) is 4.76. The number of halogens is 1. The van der Waals surface area contributed by atoms with Crippen molar-refractivity contribution in [2.45, 2.75) is 13.0 Å². The topological polar surface area (TPSA) is 93.8 Å². The molecule has 1 aromatic heterocycles. The molecule has 0 saturated carbocycles. The SMILES string of the molecule is CC(Oc1ccccc1[N+](=O)[O-])C(=O)N/N=C/c1ccc(Cl)s1. The van der Waals surface area contributed by atoms with E-state index in [0.29, 0.717) is 4.34 Å². The lowest BCUT2D eigenvalue weighted by Crippen LogP contribution is -2.33. The highest BCUT2D eigenvalue weighted by Gasteiger charge is 2.20. The first kappa shape index (κ1) is 16.9. The van der Waals surface area contributed by atoms with Gasteiger partial charge in [-0.1, -0.05) is 23.7 Å². The molecule has 1 atom stereocenters. The number of rotatable bonds is 6. The first-order chi connectivity index (χ1) is 11.0. The van der Waals surface area contributed by atoms with Crippen molar-refractivity contribution in [3.63, 3.8) is 0 Å². The van der Waals surface area contributed by atoms with Crippen LogP contribution in [0.25, 0.3) is 0 Å². The predicted octanol–water partition coefficient (Wildman–Crippen LogP) is 3.23. The number of nitrogens with zero attached hydrogens (tertiary/aromatic N) is 2. The number of ether oxygens (including phenoxy) is 1. The van der Waals surface area contributed by atoms with Crippen LogP contribution in [0.15, 0.2) is 41.5 Å². The quantitative estimate of drug-likeness (QED) is 0.490. The van der Waals surface area contributed by atoms with Crippen molar-refractivity contribution in [1.82, 2.24) is 5.43 Å². The largest absolute Gasteiger partial charge is 0.474 e. The Kier molecular flexibility index (Phi) is 5.67. The molecule has 0 spiro atoms. The minimum atomic E-state index is -0.944. The third-order valence-corrected chi connectivity index (χ3v) is 3.86. The second kappa shape index (κ2) is 7.70. The fourth-order valence-corrected chi connectivity index (χ4v) is 2.53. The van der Waals surface area contributed by atoms with E-state index in [1.165, 1.54) is 42.7 Å². The van der Waals surface area contributed by atoms with Gasteiger partial charge in [0, 0.05) is 10.9 Å². The lowest BCUT2D eigenvalue weighted by Gasteiger charge is -2.12. The average Bonchev–Trinajstić information content (AvgIpc) is 2.93. The van der Waals surface area contributed by atoms with Gasteiger partial charge in [-0.05, 0) is 25.1 Å². The van der Waals surface area contributed by atoms with Crippen LogP contribution in [-0.4, -0.2) is 23.1 Å². The third-order valence-electron chi connectivity index (χ3n) is 2.70. The Bertz CT molecular complexity index is 747. The van der Waals surface area contributed by atoms with Crippen molar-refractivity contribution < 1.29 is 14.5 Å². The molecule has 1 N–H and O–H groups in total. The number of hydrazone groups is 1. The zero-order valence-corrected chi connectivity index (χ0v) is 13.5. The van der Waals surface area contributed by atoms with E-state index in [1.54, 1.807) is 18.2 Å². The molecule has 1 amide bonds. The van der Waals surface area contributed by atoms with Gasteiger partial charge in [0.25, 0.3) is 5.91 Å². The summed E-state index contributed by atoms with van der Waals surface area (Å²) < 4.78 is 5.95. The molecule has 0 radical (unpaired) electrons. The molecule has 1 heterocycles. The number of thiophene rings is 1. The summed E-state index contributed by atoms with van der Waals surface area (Å²) in [6.07, 6.45) is 0.506. The Hall–Kier alpha value is -2.45. The monoisotopic (exact) mass is 353 g/mol. The molecule has 120 valence electrons. The van der Waals surface area contributed by atoms with Crippen LogP contribution in [0.3, 0.4) is 0 Å². The van der Waals surface area contributed by atoms with E-state index in [9.17, 15) is 14.9 Å². The van der Waals surface area contributed by atoms with E-state index >= 15 is 0 Å². The van der Waals surface area contributed by atoms with Crippen LogP contribution in [0.5, 0.6) is 5.75 Å². The molecule has 0 bridgehead atoms. The number of hydrogen-bond acceptors (Lipinski definition) is 6. The Morgan fingerprint density at radius 3 is 2.83 bits per heavy atom. The predicted molar refractivity (Wildman–Crippen MR) is 88.3 cm³/mol. The number of hydrogen-bond donors (Lipinski definition) is 1. The Morgan fingerprint density at radius 2 is 2.17 bits per heavy atom. The van der Waals surface area contributed by atoms with Crippen molar-refractivity contribution in [3.8, 4) is 5.75 Å². The van der Waals surface area contributed by atoms with Crippen molar-refractivity contribution in [1.29, 1.82) is 0 Å². The molecule has 2 aromatic rings. The second-order valence-electron chi connectivity index (χ2n) is 4.36. The number of benzene rings is 1. The number of para-hydroxylation sites is 2. The molecule has 9 heteroatoms. The van der Waals surface area contributed by atoms with Gasteiger partial charge in [0.2, 0.25) is 0 Å². The highest BCUT2D eigenvalue weighted by atomic mass is 35.5. The summed E-state index contributed by atoms with van der Waals surface area (Å²) in [6.45, 7) is 1.48. The van der Waals surface area contributed by atoms with Gasteiger partial charge in [0.15, 0.2) is 11.9 Å². The molecule has 0 aliphatic carbocycles. The van der Waals surface area contributed by atoms with Crippen molar-refractivity contribution in [2.75, 3.05) is 0 Å². The summed E-state index contributed by atoms with van der Waals surface area (Å²) in [7, 11) is 0. The van der Waals surface area contributed by atoms with Crippen molar-refractivity contribution in [3.05, 3.63) is 55.7 Å². The number of carbonyl (C=O) groups is 1. The van der Waals surface area contributed by atoms with E-state index in [4.69, 9.17) is 16.3 Å². The Labute approximate surface area is 140 Å². The Morgan fingerprint density at radius 1 is 1.43 bits per heavy atom. The van der Waals surface area contributed by atoms with Gasteiger partial charge in [-0.3, -0.25) is 14.9 Å². The summed E-state index contributed by atoms with van der Waals surface area (Å²) >= 11 is 7.09. The van der Waals surface area contributed by atoms with Gasteiger partial charge in [-0.2, -0.15) is 5.10 Å². The van der Waals surface area contributed by atoms with E-state index in [-0.39, 0.29) is 11.4 Å². The summed E-state index contributed by atoms with van der Waals surface area (Å²) in [5, 5.41) is 14.7. The maximum atomic E-state index is 11.9. The molecule has 0 saturated heterocycles. The van der Waals surface area contributed by atoms with Crippen LogP contribution < -0.4 is 10.2 Å². The first-order valence-corrected chi connectivity index (χ1v) is 7.65. The smallest absolute Gasteiger partial charge is 0.310 e. The van der Waals surface area contributed by atoms with Crippen LogP contribution in [0, 0.1) is 10.1 Å². The average molecular weight is 354 g/mol. The standard InChI is InChI=1S/C14H12ClN3O4S/c1-9(22-12-5-3-2-4-11(12)18(20)21)14(19)17-16-8-10-6-7-13(15)23-10/h2-9H,1H3,(H,17,19)/b16-8+. The first-order valence-electron chi connectivity index (χ1n) is 6.45. The van der Waals surface area contributed by atoms with E-state index in [0.717, 1.165) is 4.88 Å². The molecule has 23 heavy (non-hydrogen) atoms. The Balaban J connectivity index is 1.95. The number of carbonyl (C=O) groups excluding carboxylic acids is 1. The van der Waals surface area contributed by atoms with Gasteiger partial charge >= 0.3 is 5.69 Å². The number of nitro groups is 1. The molecule has 0 fully saturated rings. The minimum absolute atomic E-state index is 0.0224. The summed E-state index contributed by atoms with van der Waals surface area (Å²) in [5.41, 5.74) is 2.10. The maximum absolute atomic E-state index is 11.9. The normalized spacial score (nSPS) is 12.1. The van der Waals surface area contributed by atoms with Gasteiger partial charge in [-0.15, -0.1) is 11.3 Å². The zero-order chi connectivity index (χ0) is 16.8.